The normalized spacial score (nSPS) is 15.2. The van der Waals surface area contributed by atoms with Crippen molar-refractivity contribution in [2.75, 3.05) is 26.3 Å². The van der Waals surface area contributed by atoms with Crippen LogP contribution in [-0.4, -0.2) is 45.7 Å². The summed E-state index contributed by atoms with van der Waals surface area (Å²) in [4.78, 5) is 17.4. The molecule has 1 aliphatic heterocycles. The molecule has 1 aromatic heterocycles. The standard InChI is InChI=1S/C21H25N4O5P/c26-21-22-20(15-24-11-13-28-14-12-24)23-25(21)31(27,29-16-18-7-3-1-4-8-18)30-17-19-9-5-2-6-10-19/h1-10H,11-17H2,(H,22,23,26). The number of ether oxygens (including phenoxy) is 1. The van der Waals surface area contributed by atoms with Crippen LogP contribution in [0.4, 0.5) is 0 Å². The second-order valence-corrected chi connectivity index (χ2v) is 8.97. The number of hydrogen-bond donors (Lipinski definition) is 1. The largest absolute Gasteiger partial charge is 0.460 e. The van der Waals surface area contributed by atoms with E-state index in [0.717, 1.165) is 28.7 Å². The summed E-state index contributed by atoms with van der Waals surface area (Å²) in [5.41, 5.74) is 0.985. The number of H-pyrrole nitrogens is 1. The van der Waals surface area contributed by atoms with Crippen LogP contribution in [0.1, 0.15) is 17.0 Å². The molecule has 4 rings (SSSR count). The summed E-state index contributed by atoms with van der Waals surface area (Å²) in [5.74, 6) is 0.402. The quantitative estimate of drug-likeness (QED) is 0.507. The van der Waals surface area contributed by atoms with Gasteiger partial charge in [0, 0.05) is 13.1 Å². The van der Waals surface area contributed by atoms with Crippen molar-refractivity contribution < 1.29 is 18.3 Å². The van der Waals surface area contributed by atoms with Gasteiger partial charge in [0.25, 0.3) is 0 Å². The number of aromatic amines is 1. The third-order valence-electron chi connectivity index (χ3n) is 4.83. The van der Waals surface area contributed by atoms with Gasteiger partial charge in [0.05, 0.1) is 33.0 Å². The van der Waals surface area contributed by atoms with Gasteiger partial charge >= 0.3 is 13.4 Å². The second-order valence-electron chi connectivity index (χ2n) is 7.14. The third-order valence-corrected chi connectivity index (χ3v) is 6.48. The Morgan fingerprint density at radius 2 is 1.48 bits per heavy atom. The van der Waals surface area contributed by atoms with Crippen LogP contribution < -0.4 is 5.69 Å². The van der Waals surface area contributed by atoms with Gasteiger partial charge in [-0.15, -0.1) is 9.55 Å². The van der Waals surface area contributed by atoms with Crippen LogP contribution in [0.15, 0.2) is 65.5 Å². The minimum atomic E-state index is -4.05. The average molecular weight is 444 g/mol. The van der Waals surface area contributed by atoms with Crippen LogP contribution in [0.5, 0.6) is 0 Å². The summed E-state index contributed by atoms with van der Waals surface area (Å²) < 4.78 is 31.2. The molecule has 1 saturated heterocycles. The molecule has 31 heavy (non-hydrogen) atoms. The van der Waals surface area contributed by atoms with Gasteiger partial charge in [-0.1, -0.05) is 60.7 Å². The predicted octanol–water partition coefficient (Wildman–Crippen LogP) is 2.79. The maximum Gasteiger partial charge on any atom is 0.460 e. The Bertz CT molecular complexity index is 1020. The molecule has 0 amide bonds. The van der Waals surface area contributed by atoms with Gasteiger partial charge in [-0.25, -0.2) is 9.36 Å². The van der Waals surface area contributed by atoms with Crippen molar-refractivity contribution >= 4 is 7.75 Å². The molecule has 1 fully saturated rings. The number of rotatable bonds is 9. The highest BCUT2D eigenvalue weighted by atomic mass is 31.2. The Hall–Kier alpha value is -2.55. The molecule has 164 valence electrons. The Balaban J connectivity index is 1.55. The maximum absolute atomic E-state index is 13.7. The zero-order valence-corrected chi connectivity index (χ0v) is 17.9. The van der Waals surface area contributed by atoms with Gasteiger partial charge in [-0.2, -0.15) is 0 Å². The van der Waals surface area contributed by atoms with E-state index in [1.54, 1.807) is 0 Å². The van der Waals surface area contributed by atoms with Crippen LogP contribution in [0.25, 0.3) is 0 Å². The van der Waals surface area contributed by atoms with E-state index in [4.69, 9.17) is 13.8 Å². The van der Waals surface area contributed by atoms with E-state index in [2.05, 4.69) is 15.0 Å². The Kier molecular flexibility index (Phi) is 7.11. The highest BCUT2D eigenvalue weighted by Gasteiger charge is 2.33. The molecule has 0 radical (unpaired) electrons. The van der Waals surface area contributed by atoms with Crippen molar-refractivity contribution in [2.24, 2.45) is 0 Å². The summed E-state index contributed by atoms with van der Waals surface area (Å²) in [6.45, 7) is 3.19. The number of hydrogen-bond acceptors (Lipinski definition) is 7. The lowest BCUT2D eigenvalue weighted by molar-refractivity contribution is 0.0330. The van der Waals surface area contributed by atoms with E-state index in [1.807, 2.05) is 60.7 Å². The minimum absolute atomic E-state index is 0.0189. The number of nitrogens with zero attached hydrogens (tertiary/aromatic N) is 3. The predicted molar refractivity (Wildman–Crippen MR) is 114 cm³/mol. The van der Waals surface area contributed by atoms with Crippen LogP contribution in [-0.2, 0) is 38.1 Å². The first-order chi connectivity index (χ1) is 15.1. The van der Waals surface area contributed by atoms with Gasteiger partial charge in [0.15, 0.2) is 0 Å². The zero-order valence-electron chi connectivity index (χ0n) is 17.1. The smallest absolute Gasteiger partial charge is 0.379 e. The Morgan fingerprint density at radius 3 is 2.03 bits per heavy atom. The molecule has 3 aromatic rings. The summed E-state index contributed by atoms with van der Waals surface area (Å²) in [6.07, 6.45) is 0. The fraction of sp³-hybridized carbons (Fsp3) is 0.333. The van der Waals surface area contributed by atoms with Gasteiger partial charge < -0.3 is 4.74 Å². The van der Waals surface area contributed by atoms with Gasteiger partial charge in [-0.05, 0) is 11.1 Å². The third kappa shape index (κ3) is 5.78. The molecular weight excluding hydrogens is 419 g/mol. The second kappa shape index (κ2) is 10.2. The molecule has 2 aromatic carbocycles. The molecule has 9 nitrogen and oxygen atoms in total. The molecule has 0 unspecified atom stereocenters. The van der Waals surface area contributed by atoms with E-state index in [9.17, 15) is 9.36 Å². The first kappa shape index (κ1) is 21.7. The first-order valence-corrected chi connectivity index (χ1v) is 11.6. The van der Waals surface area contributed by atoms with Crippen molar-refractivity contribution in [1.82, 2.24) is 19.4 Å². The molecule has 2 heterocycles. The highest BCUT2D eigenvalue weighted by Crippen LogP contribution is 2.49. The van der Waals surface area contributed by atoms with E-state index in [0.29, 0.717) is 25.6 Å². The monoisotopic (exact) mass is 444 g/mol. The first-order valence-electron chi connectivity index (χ1n) is 10.1. The van der Waals surface area contributed by atoms with E-state index in [-0.39, 0.29) is 13.2 Å². The SMILES string of the molecule is O=c1[nH]c(CN2CCOCC2)nn1P(=O)(OCc1ccccc1)OCc1ccccc1. The molecule has 0 bridgehead atoms. The molecule has 0 aliphatic carbocycles. The van der Waals surface area contributed by atoms with Crippen molar-refractivity contribution in [3.05, 3.63) is 88.1 Å². The number of nitrogens with one attached hydrogen (secondary N) is 1. The van der Waals surface area contributed by atoms with Crippen LogP contribution in [0.3, 0.4) is 0 Å². The molecule has 1 aliphatic rings. The van der Waals surface area contributed by atoms with E-state index in [1.165, 1.54) is 0 Å². The lowest BCUT2D eigenvalue weighted by Crippen LogP contribution is -2.36. The maximum atomic E-state index is 13.7. The van der Waals surface area contributed by atoms with Crippen LogP contribution >= 0.6 is 7.75 Å². The van der Waals surface area contributed by atoms with Gasteiger partial charge in [0.2, 0.25) is 0 Å². The molecule has 0 spiro atoms. The highest BCUT2D eigenvalue weighted by molar-refractivity contribution is 7.51. The van der Waals surface area contributed by atoms with Crippen LogP contribution in [0.2, 0.25) is 0 Å². The van der Waals surface area contributed by atoms with Crippen molar-refractivity contribution in [1.29, 1.82) is 0 Å². The lowest BCUT2D eigenvalue weighted by atomic mass is 10.2. The minimum Gasteiger partial charge on any atom is -0.379 e. The number of benzene rings is 2. The van der Waals surface area contributed by atoms with E-state index >= 15 is 0 Å². The van der Waals surface area contributed by atoms with Crippen LogP contribution in [0, 0.1) is 0 Å². The molecule has 0 atom stereocenters. The van der Waals surface area contributed by atoms with E-state index < -0.39 is 13.4 Å². The van der Waals surface area contributed by atoms with Crippen molar-refractivity contribution in [3.8, 4) is 0 Å². The Labute approximate surface area is 180 Å². The van der Waals surface area contributed by atoms with Gasteiger partial charge in [0.1, 0.15) is 5.82 Å². The fourth-order valence-corrected chi connectivity index (χ4v) is 4.58. The summed E-state index contributed by atoms with van der Waals surface area (Å²) in [5, 5.41) is 4.25. The number of morpholine rings is 1. The summed E-state index contributed by atoms with van der Waals surface area (Å²) in [6, 6.07) is 18.6. The zero-order chi connectivity index (χ0) is 21.5. The topological polar surface area (TPSA) is 98.7 Å². The average Bonchev–Trinajstić information content (AvgIpc) is 3.19. The molecular formula is C21H25N4O5P. The lowest BCUT2D eigenvalue weighted by Gasteiger charge is -2.25. The number of aromatic nitrogens is 3. The Morgan fingerprint density at radius 1 is 0.935 bits per heavy atom. The molecule has 1 N–H and O–H groups in total. The summed E-state index contributed by atoms with van der Waals surface area (Å²) >= 11 is 0. The molecule has 10 heteroatoms. The summed E-state index contributed by atoms with van der Waals surface area (Å²) in [7, 11) is -4.05. The van der Waals surface area contributed by atoms with Crippen molar-refractivity contribution in [2.45, 2.75) is 19.8 Å². The van der Waals surface area contributed by atoms with Gasteiger partial charge in [-0.3, -0.25) is 18.9 Å². The van der Waals surface area contributed by atoms with Crippen molar-refractivity contribution in [3.63, 3.8) is 0 Å². The fourth-order valence-electron chi connectivity index (χ4n) is 3.17. The molecule has 0 saturated carbocycles.